The van der Waals surface area contributed by atoms with Crippen LogP contribution in [0, 0.1) is 11.3 Å². The van der Waals surface area contributed by atoms with E-state index in [4.69, 9.17) is 9.47 Å². The van der Waals surface area contributed by atoms with E-state index in [2.05, 4.69) is 16.7 Å². The van der Waals surface area contributed by atoms with Crippen molar-refractivity contribution in [3.63, 3.8) is 0 Å². The summed E-state index contributed by atoms with van der Waals surface area (Å²) in [4.78, 5) is 25.0. The Balaban J connectivity index is 1.50. The summed E-state index contributed by atoms with van der Waals surface area (Å²) in [5.74, 6) is -0.268. The van der Waals surface area contributed by atoms with Gasteiger partial charge in [-0.2, -0.15) is 5.26 Å². The molecule has 1 fully saturated rings. The van der Waals surface area contributed by atoms with Crippen molar-refractivity contribution in [2.75, 3.05) is 33.4 Å². The van der Waals surface area contributed by atoms with Crippen molar-refractivity contribution < 1.29 is 14.3 Å². The number of ether oxygens (including phenoxy) is 2. The van der Waals surface area contributed by atoms with Gasteiger partial charge in [0.15, 0.2) is 0 Å². The van der Waals surface area contributed by atoms with E-state index in [1.54, 1.807) is 11.7 Å². The molecule has 9 heteroatoms. The number of thiazole rings is 1. The summed E-state index contributed by atoms with van der Waals surface area (Å²) < 4.78 is 13.5. The Labute approximate surface area is 202 Å². The molecule has 0 radical (unpaired) electrons. The number of hydrogen-bond donors (Lipinski definition) is 2. The monoisotopic (exact) mass is 480 g/mol. The van der Waals surface area contributed by atoms with Crippen LogP contribution in [0.2, 0.25) is 0 Å². The Morgan fingerprint density at radius 2 is 2.18 bits per heavy atom. The summed E-state index contributed by atoms with van der Waals surface area (Å²) in [5.41, 5.74) is 3.79. The second-order valence-corrected chi connectivity index (χ2v) is 9.17. The van der Waals surface area contributed by atoms with Crippen LogP contribution < -0.4 is 15.5 Å². The molecule has 0 spiro atoms. The summed E-state index contributed by atoms with van der Waals surface area (Å²) in [6.07, 6.45) is 0.672. The van der Waals surface area contributed by atoms with Crippen LogP contribution in [-0.4, -0.2) is 56.0 Å². The summed E-state index contributed by atoms with van der Waals surface area (Å²) in [5, 5.41) is 15.6. The van der Waals surface area contributed by atoms with Crippen LogP contribution in [0.5, 0.6) is 0 Å². The Morgan fingerprint density at radius 3 is 2.94 bits per heavy atom. The van der Waals surface area contributed by atoms with Crippen LogP contribution in [-0.2, 0) is 27.2 Å². The molecule has 0 unspecified atom stereocenters. The Morgan fingerprint density at radius 1 is 1.35 bits per heavy atom. The average Bonchev–Trinajstić information content (AvgIpc) is 3.01. The highest BCUT2D eigenvalue weighted by Gasteiger charge is 2.23. The highest BCUT2D eigenvalue weighted by atomic mass is 32.1. The minimum absolute atomic E-state index is 0.00317. The molecule has 178 valence electrons. The number of carbonyl (C=O) groups excluding carboxylic acids is 1. The number of nitriles is 1. The second kappa shape index (κ2) is 11.4. The summed E-state index contributed by atoms with van der Waals surface area (Å²) in [7, 11) is 1.62. The first-order valence-electron chi connectivity index (χ1n) is 11.3. The number of para-hydroxylation sites is 1. The number of amides is 1. The maximum Gasteiger partial charge on any atom is 0.308 e. The zero-order valence-electron chi connectivity index (χ0n) is 19.1. The van der Waals surface area contributed by atoms with E-state index in [0.29, 0.717) is 32.7 Å². The zero-order valence-corrected chi connectivity index (χ0v) is 19.9. The molecule has 0 saturated carbocycles. The van der Waals surface area contributed by atoms with Gasteiger partial charge in [-0.15, -0.1) is 0 Å². The van der Waals surface area contributed by atoms with Crippen LogP contribution in [0.15, 0.2) is 47.3 Å². The van der Waals surface area contributed by atoms with Gasteiger partial charge in [0.25, 0.3) is 5.91 Å². The fourth-order valence-corrected chi connectivity index (χ4v) is 5.02. The van der Waals surface area contributed by atoms with Crippen LogP contribution in [0.3, 0.4) is 0 Å². The number of nitrogens with zero attached hydrogens (tertiary/aromatic N) is 2. The van der Waals surface area contributed by atoms with E-state index in [1.807, 2.05) is 42.5 Å². The molecule has 2 N–H and O–H groups in total. The first-order chi connectivity index (χ1) is 16.6. The molecule has 34 heavy (non-hydrogen) atoms. The molecule has 1 aromatic heterocycles. The highest BCUT2D eigenvalue weighted by Crippen LogP contribution is 2.30. The first kappa shape index (κ1) is 24.1. The van der Waals surface area contributed by atoms with E-state index in [1.165, 1.54) is 11.3 Å². The zero-order chi connectivity index (χ0) is 23.9. The molecular weight excluding hydrogens is 452 g/mol. The quantitative estimate of drug-likeness (QED) is 0.513. The van der Waals surface area contributed by atoms with Gasteiger partial charge >= 0.3 is 4.87 Å². The fourth-order valence-electron chi connectivity index (χ4n) is 4.08. The van der Waals surface area contributed by atoms with Gasteiger partial charge in [0.05, 0.1) is 29.4 Å². The lowest BCUT2D eigenvalue weighted by Crippen LogP contribution is -2.46. The van der Waals surface area contributed by atoms with Crippen LogP contribution >= 0.6 is 11.3 Å². The Bertz CT molecular complexity index is 1220. The molecule has 0 aliphatic carbocycles. The molecule has 2 aromatic carbocycles. The van der Waals surface area contributed by atoms with Gasteiger partial charge in [-0.3, -0.25) is 14.2 Å². The van der Waals surface area contributed by atoms with Crippen molar-refractivity contribution in [3.8, 4) is 17.2 Å². The number of hydrogen-bond acceptors (Lipinski definition) is 7. The molecule has 1 saturated heterocycles. The third-order valence-corrected chi connectivity index (χ3v) is 6.77. The highest BCUT2D eigenvalue weighted by molar-refractivity contribution is 7.16. The van der Waals surface area contributed by atoms with E-state index >= 15 is 0 Å². The predicted molar refractivity (Wildman–Crippen MR) is 132 cm³/mol. The smallest absolute Gasteiger partial charge is 0.308 e. The summed E-state index contributed by atoms with van der Waals surface area (Å²) in [6.45, 7) is 2.75. The maximum atomic E-state index is 12.5. The van der Waals surface area contributed by atoms with Crippen molar-refractivity contribution >= 4 is 27.5 Å². The van der Waals surface area contributed by atoms with E-state index < -0.39 is 12.1 Å². The first-order valence-corrected chi connectivity index (χ1v) is 12.1. The SMILES string of the molecule is COCCn1c(=O)sc2cccc(-c3ccc(C[C@@H](C#N)NC(=O)[C@@H]4CNCCCO4)cc3)c21. The molecule has 0 bridgehead atoms. The predicted octanol–water partition coefficient (Wildman–Crippen LogP) is 2.31. The van der Waals surface area contributed by atoms with Crippen molar-refractivity contribution in [2.24, 2.45) is 0 Å². The topological polar surface area (TPSA) is 105 Å². The minimum Gasteiger partial charge on any atom is -0.383 e. The molecular formula is C25H28N4O4S. The van der Waals surface area contributed by atoms with Crippen molar-refractivity contribution in [1.82, 2.24) is 15.2 Å². The van der Waals surface area contributed by atoms with E-state index in [0.717, 1.165) is 39.9 Å². The number of methoxy groups -OCH3 is 1. The van der Waals surface area contributed by atoms with Gasteiger partial charge in [-0.25, -0.2) is 0 Å². The van der Waals surface area contributed by atoms with Gasteiger partial charge in [-0.1, -0.05) is 47.7 Å². The number of nitrogens with one attached hydrogen (secondary N) is 2. The number of fused-ring (bicyclic) bond motifs is 1. The second-order valence-electron chi connectivity index (χ2n) is 8.17. The van der Waals surface area contributed by atoms with Crippen LogP contribution in [0.1, 0.15) is 12.0 Å². The van der Waals surface area contributed by atoms with Gasteiger partial charge in [0.1, 0.15) is 12.1 Å². The standard InChI is InChI=1S/C25H28N4O4S/c1-32-13-11-29-23-20(4-2-5-22(23)34-25(29)31)18-8-6-17(7-9-18)14-19(15-26)28-24(30)21-16-27-10-3-12-33-21/h2,4-9,19,21,27H,3,10-14,16H2,1H3,(H,28,30)/t19-,21-/m0/s1. The number of carbonyl (C=O) groups is 1. The maximum absolute atomic E-state index is 12.5. The van der Waals surface area contributed by atoms with Crippen molar-refractivity contribution in [1.29, 1.82) is 5.26 Å². The van der Waals surface area contributed by atoms with E-state index in [9.17, 15) is 14.9 Å². The van der Waals surface area contributed by atoms with Gasteiger partial charge in [-0.05, 0) is 30.2 Å². The minimum atomic E-state index is -0.648. The Hall–Kier alpha value is -3.03. The van der Waals surface area contributed by atoms with Crippen molar-refractivity contribution in [2.45, 2.75) is 31.5 Å². The summed E-state index contributed by atoms with van der Waals surface area (Å²) in [6, 6.07) is 15.3. The van der Waals surface area contributed by atoms with E-state index in [-0.39, 0.29) is 10.8 Å². The fraction of sp³-hybridized carbons (Fsp3) is 0.400. The molecule has 1 aliphatic rings. The molecule has 2 atom stereocenters. The molecule has 4 rings (SSSR count). The Kier molecular flexibility index (Phi) is 8.08. The molecule has 1 aliphatic heterocycles. The molecule has 2 heterocycles. The molecule has 8 nitrogen and oxygen atoms in total. The largest absolute Gasteiger partial charge is 0.383 e. The lowest BCUT2D eigenvalue weighted by molar-refractivity contribution is -0.132. The molecule has 1 amide bonds. The van der Waals surface area contributed by atoms with Gasteiger partial charge in [0.2, 0.25) is 0 Å². The third kappa shape index (κ3) is 5.54. The van der Waals surface area contributed by atoms with Crippen LogP contribution in [0.25, 0.3) is 21.3 Å². The lowest BCUT2D eigenvalue weighted by atomic mass is 10.00. The normalized spacial score (nSPS) is 17.1. The number of benzene rings is 2. The summed E-state index contributed by atoms with van der Waals surface area (Å²) >= 11 is 1.23. The number of aromatic nitrogens is 1. The van der Waals surface area contributed by atoms with Gasteiger partial charge < -0.3 is 20.1 Å². The molecule has 3 aromatic rings. The number of rotatable bonds is 8. The average molecular weight is 481 g/mol. The van der Waals surface area contributed by atoms with Crippen LogP contribution in [0.4, 0.5) is 0 Å². The van der Waals surface area contributed by atoms with Gasteiger partial charge in [0, 0.05) is 32.2 Å². The lowest BCUT2D eigenvalue weighted by Gasteiger charge is -2.18. The third-order valence-electron chi connectivity index (χ3n) is 5.82. The van der Waals surface area contributed by atoms with Crippen molar-refractivity contribution in [3.05, 3.63) is 57.7 Å².